The molecular formula is C21H26F2N6O7S. The number of amides is 3. The van der Waals surface area contributed by atoms with E-state index in [4.69, 9.17) is 10.6 Å². The van der Waals surface area contributed by atoms with Crippen LogP contribution in [-0.4, -0.2) is 84.2 Å². The topological polar surface area (TPSA) is 177 Å². The number of alkyl halides is 2. The second-order valence-electron chi connectivity index (χ2n) is 8.40. The predicted octanol–water partition coefficient (Wildman–Crippen LogP) is 1.60. The van der Waals surface area contributed by atoms with Crippen LogP contribution in [-0.2, 0) is 25.0 Å². The third-order valence-electron chi connectivity index (χ3n) is 6.22. The fourth-order valence-electron chi connectivity index (χ4n) is 3.95. The van der Waals surface area contributed by atoms with E-state index in [1.807, 2.05) is 0 Å². The van der Waals surface area contributed by atoms with Gasteiger partial charge in [0.15, 0.2) is 5.82 Å². The Balaban J connectivity index is 1.97. The van der Waals surface area contributed by atoms with Crippen LogP contribution in [0.15, 0.2) is 35.4 Å². The molecule has 1 saturated heterocycles. The third-order valence-corrected chi connectivity index (χ3v) is 7.61. The summed E-state index contributed by atoms with van der Waals surface area (Å²) in [7, 11) is -2.05. The Morgan fingerprint density at radius 2 is 1.84 bits per heavy atom. The highest BCUT2D eigenvalue weighted by atomic mass is 32.2. The summed E-state index contributed by atoms with van der Waals surface area (Å²) >= 11 is 0. The maximum atomic E-state index is 12.8. The van der Waals surface area contributed by atoms with E-state index in [0.29, 0.717) is 0 Å². The Labute approximate surface area is 210 Å². The van der Waals surface area contributed by atoms with E-state index in [0.717, 1.165) is 17.2 Å². The van der Waals surface area contributed by atoms with Crippen LogP contribution in [0.5, 0.6) is 0 Å². The van der Waals surface area contributed by atoms with Gasteiger partial charge in [0.25, 0.3) is 5.91 Å². The number of halogens is 2. The molecule has 4 N–H and O–H groups in total. The molecular weight excluding hydrogens is 518 g/mol. The third kappa shape index (κ3) is 5.80. The second-order valence-corrected chi connectivity index (χ2v) is 10.3. The lowest BCUT2D eigenvalue weighted by Crippen LogP contribution is -2.50. The highest BCUT2D eigenvalue weighted by molar-refractivity contribution is 7.91. The number of nitrogens with one attached hydrogen (secondary N) is 1. The minimum Gasteiger partial charge on any atom is -0.465 e. The van der Waals surface area contributed by atoms with Crippen LogP contribution < -0.4 is 11.1 Å². The second kappa shape index (κ2) is 10.7. The van der Waals surface area contributed by atoms with Gasteiger partial charge in [0.05, 0.1) is 24.0 Å². The number of carboxylic acid groups (broad SMARTS) is 1. The number of nitrogens with zero attached hydrogens (tertiary/aromatic N) is 4. The lowest BCUT2D eigenvalue weighted by Gasteiger charge is -2.41. The van der Waals surface area contributed by atoms with Gasteiger partial charge in [-0.1, -0.05) is 0 Å². The lowest BCUT2D eigenvalue weighted by atomic mass is 9.84. The van der Waals surface area contributed by atoms with Crippen molar-refractivity contribution in [1.29, 1.82) is 0 Å². The van der Waals surface area contributed by atoms with Crippen molar-refractivity contribution >= 4 is 39.3 Å². The number of primary amides is 1. The molecule has 2 heterocycles. The van der Waals surface area contributed by atoms with E-state index >= 15 is 0 Å². The van der Waals surface area contributed by atoms with Gasteiger partial charge in [0.1, 0.15) is 5.56 Å². The molecule has 202 valence electrons. The van der Waals surface area contributed by atoms with Gasteiger partial charge in [-0.25, -0.2) is 18.3 Å². The van der Waals surface area contributed by atoms with E-state index in [1.165, 1.54) is 42.1 Å². The number of likely N-dealkylation sites (tertiary alicyclic amines) is 1. The van der Waals surface area contributed by atoms with Crippen molar-refractivity contribution in [1.82, 2.24) is 19.7 Å². The minimum absolute atomic E-state index is 0.0236. The van der Waals surface area contributed by atoms with Gasteiger partial charge in [0, 0.05) is 32.0 Å². The summed E-state index contributed by atoms with van der Waals surface area (Å²) in [4.78, 5) is 41.9. The number of nitrogens with two attached hydrogens (primary N) is 1. The number of carbonyl (C=O) groups excluding carboxylic acids is 2. The molecule has 2 aromatic rings. The van der Waals surface area contributed by atoms with Crippen LogP contribution in [0, 0.1) is 0 Å². The fourth-order valence-corrected chi connectivity index (χ4v) is 4.67. The van der Waals surface area contributed by atoms with Crippen LogP contribution in [0.2, 0.25) is 0 Å². The molecule has 37 heavy (non-hydrogen) atoms. The van der Waals surface area contributed by atoms with Crippen LogP contribution in [0.25, 0.3) is 0 Å². The first-order valence-electron chi connectivity index (χ1n) is 10.9. The van der Waals surface area contributed by atoms with Crippen LogP contribution in [0.3, 0.4) is 0 Å². The van der Waals surface area contributed by atoms with Crippen molar-refractivity contribution in [2.45, 2.75) is 35.5 Å². The molecule has 3 rings (SSSR count). The molecule has 0 unspecified atom stereocenters. The molecule has 3 amide bonds. The predicted molar refractivity (Wildman–Crippen MR) is 125 cm³/mol. The zero-order chi connectivity index (χ0) is 27.5. The number of piperidine rings is 1. The average Bonchev–Trinajstić information content (AvgIpc) is 3.28. The van der Waals surface area contributed by atoms with Crippen molar-refractivity contribution in [3.63, 3.8) is 0 Å². The Kier molecular flexibility index (Phi) is 8.02. The summed E-state index contributed by atoms with van der Waals surface area (Å²) in [5.74, 6) is -4.87. The number of carbonyl (C=O) groups is 3. The summed E-state index contributed by atoms with van der Waals surface area (Å²) in [6.45, 7) is 0.210. The first-order chi connectivity index (χ1) is 17.3. The number of rotatable bonds is 9. The molecule has 0 spiro atoms. The van der Waals surface area contributed by atoms with Gasteiger partial charge >= 0.3 is 11.9 Å². The zero-order valence-electron chi connectivity index (χ0n) is 19.9. The van der Waals surface area contributed by atoms with Gasteiger partial charge in [-0.05, 0) is 37.1 Å². The summed E-state index contributed by atoms with van der Waals surface area (Å²) in [6, 6.07) is 4.40. The summed E-state index contributed by atoms with van der Waals surface area (Å²) < 4.78 is 50.3. The Hall–Kier alpha value is -3.79. The number of sulfone groups is 1. The molecule has 1 aliphatic rings. The lowest BCUT2D eigenvalue weighted by molar-refractivity contribution is -0.171. The van der Waals surface area contributed by atoms with Gasteiger partial charge < -0.3 is 21.1 Å². The standard InChI is InChI=1S/C21H26F2N6O7S/c1-27(36-2)16(30)11-21(7-9-28(10-8-21)20(32)33)29-12-15(17(24)31)18(26-29)25-13-3-5-14(6-4-13)37(34,35)19(22)23/h3-6,12,19H,7-11H2,1-2H3,(H2,24,31)(H,25,26)(H,32,33). The molecule has 0 saturated carbocycles. The minimum atomic E-state index is -4.79. The van der Waals surface area contributed by atoms with Crippen LogP contribution in [0.4, 0.5) is 25.1 Å². The monoisotopic (exact) mass is 544 g/mol. The number of anilines is 2. The number of aromatic nitrogens is 2. The highest BCUT2D eigenvalue weighted by Crippen LogP contribution is 2.36. The van der Waals surface area contributed by atoms with E-state index in [2.05, 4.69) is 10.4 Å². The summed E-state index contributed by atoms with van der Waals surface area (Å²) in [6.07, 6.45) is 0.512. The van der Waals surface area contributed by atoms with Crippen molar-refractivity contribution in [2.24, 2.45) is 5.73 Å². The van der Waals surface area contributed by atoms with Crippen molar-refractivity contribution in [2.75, 3.05) is 32.6 Å². The van der Waals surface area contributed by atoms with E-state index in [1.54, 1.807) is 0 Å². The van der Waals surface area contributed by atoms with E-state index < -0.39 is 43.9 Å². The number of hydroxylamine groups is 2. The summed E-state index contributed by atoms with van der Waals surface area (Å²) in [5, 5.41) is 17.6. The zero-order valence-corrected chi connectivity index (χ0v) is 20.7. The molecule has 0 aliphatic carbocycles. The van der Waals surface area contributed by atoms with Crippen molar-refractivity contribution in [3.05, 3.63) is 36.0 Å². The first-order valence-corrected chi connectivity index (χ1v) is 12.4. The normalized spacial score (nSPS) is 15.4. The highest BCUT2D eigenvalue weighted by Gasteiger charge is 2.42. The molecule has 1 aromatic carbocycles. The molecule has 16 heteroatoms. The van der Waals surface area contributed by atoms with Crippen LogP contribution >= 0.6 is 0 Å². The van der Waals surface area contributed by atoms with Gasteiger partial charge in [0.2, 0.25) is 15.7 Å². The molecule has 0 radical (unpaired) electrons. The van der Waals surface area contributed by atoms with Crippen LogP contribution in [0.1, 0.15) is 29.6 Å². The largest absolute Gasteiger partial charge is 0.465 e. The maximum Gasteiger partial charge on any atom is 0.407 e. The Bertz CT molecular complexity index is 1270. The van der Waals surface area contributed by atoms with Gasteiger partial charge in [-0.2, -0.15) is 13.9 Å². The van der Waals surface area contributed by atoms with Crippen molar-refractivity contribution in [3.8, 4) is 0 Å². The van der Waals surface area contributed by atoms with Crippen molar-refractivity contribution < 1.29 is 41.5 Å². The van der Waals surface area contributed by atoms with Gasteiger partial charge in [-0.15, -0.1) is 0 Å². The summed E-state index contributed by atoms with van der Waals surface area (Å²) in [5.41, 5.74) is 4.68. The first kappa shape index (κ1) is 27.8. The molecule has 0 bridgehead atoms. The SMILES string of the molecule is CON(C)C(=O)CC1(n2cc(C(N)=O)c(Nc3ccc(S(=O)(=O)C(F)F)cc3)n2)CCN(C(=O)O)CC1. The number of hydrogen-bond acceptors (Lipinski definition) is 8. The Morgan fingerprint density at radius 3 is 2.32 bits per heavy atom. The number of hydrogen-bond donors (Lipinski definition) is 3. The van der Waals surface area contributed by atoms with Gasteiger partial charge in [-0.3, -0.25) is 19.1 Å². The molecule has 1 fully saturated rings. The smallest absolute Gasteiger partial charge is 0.407 e. The molecule has 13 nitrogen and oxygen atoms in total. The van der Waals surface area contributed by atoms with E-state index in [9.17, 15) is 36.7 Å². The Morgan fingerprint density at radius 1 is 1.24 bits per heavy atom. The molecule has 1 aromatic heterocycles. The molecule has 1 aliphatic heterocycles. The number of benzene rings is 1. The average molecular weight is 545 g/mol. The molecule has 0 atom stereocenters. The van der Waals surface area contributed by atoms with E-state index in [-0.39, 0.29) is 49.4 Å². The quantitative estimate of drug-likeness (QED) is 0.396. The fraction of sp³-hybridized carbons (Fsp3) is 0.429. The maximum absolute atomic E-state index is 12.8.